The number of carbonyl (C=O) groups is 1. The number of fused-ring (bicyclic) bond motifs is 1. The monoisotopic (exact) mass is 350 g/mol. The first-order valence-corrected chi connectivity index (χ1v) is 9.24. The normalized spacial score (nSPS) is 28.0. The summed E-state index contributed by atoms with van der Waals surface area (Å²) in [5, 5.41) is 9.05. The molecule has 0 unspecified atom stereocenters. The van der Waals surface area contributed by atoms with Gasteiger partial charge in [-0.05, 0) is 48.1 Å². The van der Waals surface area contributed by atoms with Gasteiger partial charge in [0.2, 0.25) is 0 Å². The largest absolute Gasteiger partial charge is 0.335 e. The number of nitrogens with one attached hydrogen (secondary N) is 2. The van der Waals surface area contributed by atoms with Gasteiger partial charge in [0.25, 0.3) is 5.92 Å². The number of urea groups is 1. The van der Waals surface area contributed by atoms with Gasteiger partial charge in [0, 0.05) is 29.1 Å². The van der Waals surface area contributed by atoms with E-state index in [4.69, 9.17) is 0 Å². The van der Waals surface area contributed by atoms with Crippen LogP contribution in [0.1, 0.15) is 37.7 Å². The number of hydrogen-bond acceptors (Lipinski definition) is 2. The minimum atomic E-state index is -2.47. The number of amides is 2. The van der Waals surface area contributed by atoms with E-state index in [-0.39, 0.29) is 18.5 Å². The maximum absolute atomic E-state index is 13.4. The first kappa shape index (κ1) is 15.8. The van der Waals surface area contributed by atoms with Crippen molar-refractivity contribution in [2.24, 2.45) is 5.41 Å². The summed E-state index contributed by atoms with van der Waals surface area (Å²) in [6.07, 6.45) is 2.34. The fraction of sp³-hybridized carbons (Fsp3) is 0.500. The zero-order chi connectivity index (χ0) is 16.8. The topological polar surface area (TPSA) is 41.1 Å². The van der Waals surface area contributed by atoms with Crippen LogP contribution in [-0.4, -0.2) is 18.0 Å². The van der Waals surface area contributed by atoms with Crippen LogP contribution in [-0.2, 0) is 6.54 Å². The van der Waals surface area contributed by atoms with Crippen LogP contribution in [0.3, 0.4) is 0 Å². The first-order chi connectivity index (χ1) is 11.5. The van der Waals surface area contributed by atoms with E-state index in [2.05, 4.69) is 22.8 Å². The van der Waals surface area contributed by atoms with Crippen LogP contribution >= 0.6 is 11.3 Å². The fourth-order valence-corrected chi connectivity index (χ4v) is 4.76. The van der Waals surface area contributed by atoms with Gasteiger partial charge in [-0.3, -0.25) is 0 Å². The lowest BCUT2D eigenvalue weighted by molar-refractivity contribution is 0.0445. The Morgan fingerprint density at radius 1 is 1.25 bits per heavy atom. The van der Waals surface area contributed by atoms with Crippen LogP contribution in [0.25, 0.3) is 10.1 Å². The molecule has 1 aromatic carbocycles. The summed E-state index contributed by atoms with van der Waals surface area (Å²) in [5.41, 5.74) is 0.342. The molecule has 2 aromatic rings. The molecule has 128 valence electrons. The maximum atomic E-state index is 13.4. The second kappa shape index (κ2) is 5.69. The zero-order valence-corrected chi connectivity index (χ0v) is 14.1. The molecular formula is C18H20F2N2OS. The van der Waals surface area contributed by atoms with Crippen molar-refractivity contribution < 1.29 is 13.6 Å². The van der Waals surface area contributed by atoms with Crippen molar-refractivity contribution in [2.75, 3.05) is 0 Å². The quantitative estimate of drug-likeness (QED) is 0.830. The van der Waals surface area contributed by atoms with Crippen molar-refractivity contribution in [3.63, 3.8) is 0 Å². The molecule has 0 atom stereocenters. The molecule has 2 aliphatic rings. The smallest absolute Gasteiger partial charge is 0.315 e. The predicted molar refractivity (Wildman–Crippen MR) is 91.4 cm³/mol. The van der Waals surface area contributed by atoms with Gasteiger partial charge in [0.1, 0.15) is 0 Å². The molecule has 1 aromatic heterocycles. The number of halogens is 2. The van der Waals surface area contributed by atoms with Crippen LogP contribution in [0.5, 0.6) is 0 Å². The Kier molecular flexibility index (Phi) is 3.75. The highest BCUT2D eigenvalue weighted by Crippen LogP contribution is 2.67. The molecule has 1 heterocycles. The van der Waals surface area contributed by atoms with Gasteiger partial charge in [-0.15, -0.1) is 11.3 Å². The lowest BCUT2D eigenvalue weighted by Crippen LogP contribution is -2.44. The van der Waals surface area contributed by atoms with Crippen LogP contribution in [0.15, 0.2) is 29.6 Å². The van der Waals surface area contributed by atoms with Gasteiger partial charge in [-0.2, -0.15) is 0 Å². The zero-order valence-electron chi connectivity index (χ0n) is 13.3. The van der Waals surface area contributed by atoms with Crippen LogP contribution in [0, 0.1) is 5.41 Å². The lowest BCUT2D eigenvalue weighted by atomic mass is 9.83. The number of carbonyl (C=O) groups excluding carboxylic acids is 1. The molecule has 2 amide bonds. The third-order valence-corrected chi connectivity index (χ3v) is 6.49. The van der Waals surface area contributed by atoms with Crippen molar-refractivity contribution in [3.8, 4) is 0 Å². The Bertz CT molecular complexity index is 765. The number of thiophene rings is 1. The highest BCUT2D eigenvalue weighted by molar-refractivity contribution is 7.17. The lowest BCUT2D eigenvalue weighted by Gasteiger charge is -2.29. The Labute approximate surface area is 143 Å². The SMILES string of the molecule is O=C(NCc1cccc2ccsc12)NC1CCC2(CC1)CC2(F)F. The minimum Gasteiger partial charge on any atom is -0.335 e. The Hall–Kier alpha value is -1.69. The number of hydrogen-bond donors (Lipinski definition) is 2. The summed E-state index contributed by atoms with van der Waals surface area (Å²) in [5.74, 6) is -2.47. The molecule has 0 bridgehead atoms. The predicted octanol–water partition coefficient (Wildman–Crippen LogP) is 4.67. The standard InChI is InChI=1S/C18H20F2N2OS/c19-18(20)11-17(18)7-4-14(5-8-17)22-16(23)21-10-13-3-1-2-12-6-9-24-15(12)13/h1-3,6,9,14H,4-5,7-8,10-11H2,(H2,21,22,23). The highest BCUT2D eigenvalue weighted by atomic mass is 32.1. The molecule has 2 saturated carbocycles. The molecule has 2 aliphatic carbocycles. The first-order valence-electron chi connectivity index (χ1n) is 8.36. The molecule has 0 saturated heterocycles. The van der Waals surface area contributed by atoms with Crippen molar-refractivity contribution in [1.29, 1.82) is 0 Å². The summed E-state index contributed by atoms with van der Waals surface area (Å²) >= 11 is 1.67. The third kappa shape index (κ3) is 2.77. The molecule has 3 nitrogen and oxygen atoms in total. The van der Waals surface area contributed by atoms with E-state index in [1.54, 1.807) is 11.3 Å². The molecular weight excluding hydrogens is 330 g/mol. The Balaban J connectivity index is 1.28. The second-order valence-corrected chi connectivity index (χ2v) is 7.94. The van der Waals surface area contributed by atoms with E-state index in [0.717, 1.165) is 5.56 Å². The molecule has 1 spiro atoms. The molecule has 4 rings (SSSR count). The molecule has 6 heteroatoms. The summed E-state index contributed by atoms with van der Waals surface area (Å²) in [6.45, 7) is 0.471. The van der Waals surface area contributed by atoms with Gasteiger partial charge in [-0.25, -0.2) is 13.6 Å². The number of rotatable bonds is 3. The Morgan fingerprint density at radius 3 is 2.71 bits per heavy atom. The number of benzene rings is 1. The van der Waals surface area contributed by atoms with E-state index in [1.807, 2.05) is 17.5 Å². The molecule has 2 fully saturated rings. The van der Waals surface area contributed by atoms with Gasteiger partial charge in [-0.1, -0.05) is 18.2 Å². The summed E-state index contributed by atoms with van der Waals surface area (Å²) in [6, 6.07) is 7.91. The van der Waals surface area contributed by atoms with E-state index < -0.39 is 11.3 Å². The highest BCUT2D eigenvalue weighted by Gasteiger charge is 2.70. The van der Waals surface area contributed by atoms with E-state index in [9.17, 15) is 13.6 Å². The molecule has 24 heavy (non-hydrogen) atoms. The van der Waals surface area contributed by atoms with Gasteiger partial charge >= 0.3 is 6.03 Å². The summed E-state index contributed by atoms with van der Waals surface area (Å²) in [7, 11) is 0. The van der Waals surface area contributed by atoms with Gasteiger partial charge < -0.3 is 10.6 Å². The molecule has 2 N–H and O–H groups in total. The maximum Gasteiger partial charge on any atom is 0.315 e. The molecule has 0 aliphatic heterocycles. The van der Waals surface area contributed by atoms with Crippen LogP contribution < -0.4 is 10.6 Å². The van der Waals surface area contributed by atoms with Crippen molar-refractivity contribution in [1.82, 2.24) is 10.6 Å². The van der Waals surface area contributed by atoms with Crippen LogP contribution in [0.4, 0.5) is 13.6 Å². The average molecular weight is 350 g/mol. The third-order valence-electron chi connectivity index (χ3n) is 5.49. The summed E-state index contributed by atoms with van der Waals surface area (Å²) in [4.78, 5) is 12.1. The second-order valence-electron chi connectivity index (χ2n) is 7.02. The minimum absolute atomic E-state index is 0.00422. The van der Waals surface area contributed by atoms with Gasteiger partial charge in [0.05, 0.1) is 0 Å². The van der Waals surface area contributed by atoms with E-state index in [1.165, 1.54) is 10.1 Å². The fourth-order valence-electron chi connectivity index (χ4n) is 3.84. The van der Waals surface area contributed by atoms with Crippen molar-refractivity contribution in [3.05, 3.63) is 35.2 Å². The van der Waals surface area contributed by atoms with Crippen LogP contribution in [0.2, 0.25) is 0 Å². The number of alkyl halides is 2. The van der Waals surface area contributed by atoms with Crippen molar-refractivity contribution in [2.45, 2.75) is 50.6 Å². The van der Waals surface area contributed by atoms with E-state index in [0.29, 0.717) is 32.2 Å². The molecule has 0 radical (unpaired) electrons. The van der Waals surface area contributed by atoms with Crippen molar-refractivity contribution >= 4 is 27.5 Å². The van der Waals surface area contributed by atoms with Gasteiger partial charge in [0.15, 0.2) is 0 Å². The summed E-state index contributed by atoms with van der Waals surface area (Å²) < 4.78 is 27.9. The Morgan fingerprint density at radius 2 is 2.00 bits per heavy atom. The average Bonchev–Trinajstić information content (AvgIpc) is 2.89. The van der Waals surface area contributed by atoms with E-state index >= 15 is 0 Å².